The Balaban J connectivity index is 0.00000295. The molecule has 0 aliphatic carbocycles. The van der Waals surface area contributed by atoms with E-state index in [9.17, 15) is 0 Å². The van der Waals surface area contributed by atoms with Crippen molar-refractivity contribution in [2.75, 3.05) is 48.7 Å². The van der Waals surface area contributed by atoms with E-state index in [0.717, 1.165) is 17.1 Å². The van der Waals surface area contributed by atoms with Gasteiger partial charge in [-0.3, -0.25) is 0 Å². The Labute approximate surface area is 347 Å². The maximum atomic E-state index is 3.53. The molecule has 4 heteroatoms. The van der Waals surface area contributed by atoms with E-state index in [-0.39, 0.29) is 0 Å². The SMILES string of the molecule is CC(C)c1ccc(/C=C/c2ccc(N(c3ccc(/C=C/c4ccc(S(C)(C)C)cc4)cc3)c3ccc(/C=C/c4ccc(S(C)(C)C)cc4)cc3)cc2)cc1.CS. The minimum Gasteiger partial charge on any atom is -0.311 e. The third-order valence-electron chi connectivity index (χ3n) is 9.64. The van der Waals surface area contributed by atoms with Gasteiger partial charge >= 0.3 is 0 Å². The number of nitrogens with zero attached hydrogens (tertiary/aromatic N) is 1. The van der Waals surface area contributed by atoms with Crippen molar-refractivity contribution < 1.29 is 0 Å². The third kappa shape index (κ3) is 11.9. The average Bonchev–Trinajstić information content (AvgIpc) is 3.20. The number of thiol groups is 1. The van der Waals surface area contributed by atoms with Crippen LogP contribution in [-0.4, -0.2) is 43.8 Å². The Kier molecular flexibility index (Phi) is 14.8. The van der Waals surface area contributed by atoms with Crippen LogP contribution in [-0.2, 0) is 0 Å². The first-order valence-corrected chi connectivity index (χ1v) is 25.7. The van der Waals surface area contributed by atoms with Gasteiger partial charge in [0.2, 0.25) is 0 Å². The quantitative estimate of drug-likeness (QED) is 0.0954. The lowest BCUT2D eigenvalue weighted by atomic mass is 10.0. The maximum Gasteiger partial charge on any atom is 0.0462 e. The van der Waals surface area contributed by atoms with Crippen LogP contribution in [0.1, 0.15) is 58.7 Å². The lowest BCUT2D eigenvalue weighted by Crippen LogP contribution is -2.09. The Bertz CT molecular complexity index is 2080. The molecule has 0 N–H and O–H groups in total. The zero-order chi connectivity index (χ0) is 40.3. The van der Waals surface area contributed by atoms with Gasteiger partial charge in [-0.1, -0.05) is 135 Å². The fourth-order valence-corrected chi connectivity index (χ4v) is 8.10. The molecule has 0 aliphatic rings. The van der Waals surface area contributed by atoms with Gasteiger partial charge in [0.1, 0.15) is 0 Å². The van der Waals surface area contributed by atoms with Crippen LogP contribution in [0, 0.1) is 0 Å². The van der Waals surface area contributed by atoms with Crippen molar-refractivity contribution in [2.24, 2.45) is 0 Å². The van der Waals surface area contributed by atoms with Crippen molar-refractivity contribution in [3.05, 3.63) is 185 Å². The molecule has 6 aromatic carbocycles. The topological polar surface area (TPSA) is 3.24 Å². The van der Waals surface area contributed by atoms with Crippen LogP contribution in [0.25, 0.3) is 36.5 Å². The van der Waals surface area contributed by atoms with Crippen LogP contribution in [0.2, 0.25) is 0 Å². The average molecular weight is 794 g/mol. The molecule has 0 saturated carbocycles. The molecule has 0 spiro atoms. The molecule has 1 nitrogen and oxygen atoms in total. The van der Waals surface area contributed by atoms with E-state index in [1.807, 2.05) is 0 Å². The molecule has 0 aliphatic heterocycles. The van der Waals surface area contributed by atoms with Gasteiger partial charge in [0, 0.05) is 17.1 Å². The summed E-state index contributed by atoms with van der Waals surface area (Å²) in [5.41, 5.74) is 11.8. The first kappa shape index (κ1) is 42.5. The molecule has 0 atom stereocenters. The summed E-state index contributed by atoms with van der Waals surface area (Å²) in [5.74, 6) is 0.535. The molecule has 56 heavy (non-hydrogen) atoms. The van der Waals surface area contributed by atoms with Crippen LogP contribution >= 0.6 is 32.7 Å². The first-order valence-electron chi connectivity index (χ1n) is 19.1. The van der Waals surface area contributed by atoms with Crippen LogP contribution in [0.15, 0.2) is 155 Å². The highest BCUT2D eigenvalue weighted by Crippen LogP contribution is 2.45. The van der Waals surface area contributed by atoms with E-state index in [2.05, 4.69) is 251 Å². The van der Waals surface area contributed by atoms with Gasteiger partial charge in [-0.2, -0.15) is 12.6 Å². The molecule has 0 amide bonds. The van der Waals surface area contributed by atoms with Crippen molar-refractivity contribution in [3.63, 3.8) is 0 Å². The fraction of sp³-hybridized carbons (Fsp3) is 0.192. The van der Waals surface area contributed by atoms with Gasteiger partial charge in [0.05, 0.1) is 0 Å². The lowest BCUT2D eigenvalue weighted by molar-refractivity contribution is 0.866. The molecule has 0 bridgehead atoms. The Hall–Kier alpha value is -4.61. The molecular weight excluding hydrogens is 735 g/mol. The summed E-state index contributed by atoms with van der Waals surface area (Å²) < 4.78 is 0. The second-order valence-corrected chi connectivity index (χ2v) is 24.0. The summed E-state index contributed by atoms with van der Waals surface area (Å²) >= 11 is 3.53. The summed E-state index contributed by atoms with van der Waals surface area (Å²) in [6.45, 7) is 4.46. The molecule has 0 unspecified atom stereocenters. The van der Waals surface area contributed by atoms with Crippen molar-refractivity contribution >= 4 is 86.2 Å². The van der Waals surface area contributed by atoms with Crippen molar-refractivity contribution in [1.29, 1.82) is 0 Å². The molecule has 0 saturated heterocycles. The Morgan fingerprint density at radius 1 is 0.357 bits per heavy atom. The minimum absolute atomic E-state index is 0.535. The highest BCUT2D eigenvalue weighted by molar-refractivity contribution is 8.32. The molecular formula is C52H59NS3. The largest absolute Gasteiger partial charge is 0.311 e. The van der Waals surface area contributed by atoms with E-state index < -0.39 is 20.1 Å². The summed E-state index contributed by atoms with van der Waals surface area (Å²) in [5, 5.41) is 0. The smallest absolute Gasteiger partial charge is 0.0462 e. The van der Waals surface area contributed by atoms with Gasteiger partial charge in [-0.05, 0) is 159 Å². The summed E-state index contributed by atoms with van der Waals surface area (Å²) in [7, 11) is -1.45. The predicted molar refractivity (Wildman–Crippen MR) is 263 cm³/mol. The van der Waals surface area contributed by atoms with E-state index in [4.69, 9.17) is 0 Å². The van der Waals surface area contributed by atoms with Gasteiger partial charge in [-0.25, -0.2) is 20.1 Å². The zero-order valence-electron chi connectivity index (χ0n) is 34.6. The molecule has 6 rings (SSSR count). The van der Waals surface area contributed by atoms with Gasteiger partial charge in [0.15, 0.2) is 0 Å². The molecule has 290 valence electrons. The molecule has 0 radical (unpaired) electrons. The third-order valence-corrected chi connectivity index (χ3v) is 13.0. The Morgan fingerprint density at radius 3 is 0.786 bits per heavy atom. The van der Waals surface area contributed by atoms with Crippen molar-refractivity contribution in [3.8, 4) is 0 Å². The van der Waals surface area contributed by atoms with Gasteiger partial charge < -0.3 is 4.90 Å². The summed E-state index contributed by atoms with van der Waals surface area (Å²) in [4.78, 5) is 5.20. The van der Waals surface area contributed by atoms with E-state index in [1.54, 1.807) is 6.26 Å². The highest BCUT2D eigenvalue weighted by Gasteiger charge is 2.13. The predicted octanol–water partition coefficient (Wildman–Crippen LogP) is 15.4. The van der Waals surface area contributed by atoms with Gasteiger partial charge in [0.25, 0.3) is 0 Å². The summed E-state index contributed by atoms with van der Waals surface area (Å²) in [6.07, 6.45) is 28.9. The monoisotopic (exact) mass is 793 g/mol. The molecule has 0 heterocycles. The first-order chi connectivity index (χ1) is 26.8. The van der Waals surface area contributed by atoms with E-state index >= 15 is 0 Å². The number of rotatable bonds is 12. The van der Waals surface area contributed by atoms with Crippen LogP contribution in [0.3, 0.4) is 0 Å². The number of hydrogen-bond acceptors (Lipinski definition) is 2. The fourth-order valence-electron chi connectivity index (χ4n) is 6.19. The summed E-state index contributed by atoms with van der Waals surface area (Å²) in [6, 6.07) is 53.4. The minimum atomic E-state index is -0.724. The van der Waals surface area contributed by atoms with Crippen LogP contribution < -0.4 is 4.90 Å². The molecule has 0 fully saturated rings. The normalized spacial score (nSPS) is 12.6. The standard InChI is InChI=1S/C51H55NS2.CH4S/c1-39(2)46-27-15-40(16-28-46)9-10-41-17-29-47(30-18-41)52(48-31-19-42(20-32-48)11-13-44-23-35-50(36-24-44)53(3,4)5)49-33-21-43(22-34-49)12-14-45-25-37-51(38-26-45)54(6,7)8;1-2/h9-39H,1-8H3;2H,1H3/b10-9+,13-11+,14-12+;. The van der Waals surface area contributed by atoms with Crippen LogP contribution in [0.5, 0.6) is 0 Å². The highest BCUT2D eigenvalue weighted by atomic mass is 32.3. The maximum absolute atomic E-state index is 3.53. The second kappa shape index (κ2) is 19.5. The van der Waals surface area contributed by atoms with E-state index in [1.165, 1.54) is 48.7 Å². The van der Waals surface area contributed by atoms with Crippen LogP contribution in [0.4, 0.5) is 17.1 Å². The van der Waals surface area contributed by atoms with Crippen molar-refractivity contribution in [1.82, 2.24) is 0 Å². The molecule has 6 aromatic rings. The zero-order valence-corrected chi connectivity index (χ0v) is 37.1. The molecule has 0 aromatic heterocycles. The number of anilines is 3. The van der Waals surface area contributed by atoms with Gasteiger partial charge in [-0.15, -0.1) is 0 Å². The number of hydrogen-bond donors (Lipinski definition) is 1. The second-order valence-electron chi connectivity index (χ2n) is 15.7. The lowest BCUT2D eigenvalue weighted by Gasteiger charge is -2.26. The number of benzene rings is 6. The van der Waals surface area contributed by atoms with E-state index in [0.29, 0.717) is 5.92 Å². The van der Waals surface area contributed by atoms with Crippen molar-refractivity contribution in [2.45, 2.75) is 29.6 Å². The Morgan fingerprint density at radius 2 is 0.571 bits per heavy atom.